The third-order valence-corrected chi connectivity index (χ3v) is 1.76. The van der Waals surface area contributed by atoms with Crippen molar-refractivity contribution in [3.05, 3.63) is 6.42 Å². The predicted octanol–water partition coefficient (Wildman–Crippen LogP) is 1.07. The zero-order chi connectivity index (χ0) is 5.11. The molecule has 1 aliphatic rings. The fraction of sp³-hybridized carbons (Fsp3) is 0.800. The average Bonchev–Trinajstić information content (AvgIpc) is 1.69. The van der Waals surface area contributed by atoms with Crippen molar-refractivity contribution in [2.75, 3.05) is 13.1 Å². The molecule has 0 saturated carbocycles. The average molecular weight is 205 g/mol. The van der Waals surface area contributed by atoms with Gasteiger partial charge in [0.1, 0.15) is 0 Å². The first-order valence-corrected chi connectivity index (χ1v) is 3.22. The number of hydrogen-bond acceptors (Lipinski definition) is 1. The van der Waals surface area contributed by atoms with Crippen LogP contribution in [0, 0.1) is 6.42 Å². The summed E-state index contributed by atoms with van der Waals surface area (Å²) >= 11 is 0. The molecule has 0 N–H and O–H groups in total. The van der Waals surface area contributed by atoms with Gasteiger partial charge in [-0.25, -0.2) is 0 Å². The molecule has 1 rings (SSSR count). The number of nitrogens with zero attached hydrogens (tertiary/aromatic N) is 1. The zero-order valence-corrected chi connectivity index (χ0v) is 9.00. The minimum atomic E-state index is 0. The molecule has 1 nitrogen and oxygen atoms in total. The van der Waals surface area contributed by atoms with Crippen LogP contribution in [0.5, 0.6) is 0 Å². The van der Waals surface area contributed by atoms with Gasteiger partial charge in [0.05, 0.1) is 0 Å². The Morgan fingerprint density at radius 3 is 2.00 bits per heavy atom. The Bertz CT molecular complexity index is 54.4. The van der Waals surface area contributed by atoms with Crippen LogP contribution in [0.1, 0.15) is 12.8 Å². The summed E-state index contributed by atoms with van der Waals surface area (Å²) in [7, 11) is 2.72. The second kappa shape index (κ2) is 5.29. The van der Waals surface area contributed by atoms with Gasteiger partial charge in [0.25, 0.3) is 0 Å². The molecular formula is C5H11NPY-. The van der Waals surface area contributed by atoms with Gasteiger partial charge >= 0.3 is 0 Å². The Labute approximate surface area is 78.7 Å². The minimum Gasteiger partial charge on any atom is -0.326 e. The van der Waals surface area contributed by atoms with Gasteiger partial charge < -0.3 is 6.42 Å². The van der Waals surface area contributed by atoms with Gasteiger partial charge in [0.15, 0.2) is 0 Å². The van der Waals surface area contributed by atoms with Crippen molar-refractivity contribution in [3.63, 3.8) is 0 Å². The molecule has 1 fully saturated rings. The van der Waals surface area contributed by atoms with Gasteiger partial charge in [-0.1, -0.05) is 9.39 Å². The summed E-state index contributed by atoms with van der Waals surface area (Å²) in [5.74, 6) is 0. The maximum Gasteiger partial charge on any atom is 0 e. The normalized spacial score (nSPS) is 22.1. The van der Waals surface area contributed by atoms with E-state index < -0.39 is 0 Å². The summed E-state index contributed by atoms with van der Waals surface area (Å²) in [5, 5.41) is 0. The van der Waals surface area contributed by atoms with Crippen molar-refractivity contribution in [2.24, 2.45) is 0 Å². The maximum atomic E-state index is 2.72. The second-order valence-electron chi connectivity index (χ2n) is 1.90. The summed E-state index contributed by atoms with van der Waals surface area (Å²) in [5.41, 5.74) is 0. The van der Waals surface area contributed by atoms with Gasteiger partial charge in [0, 0.05) is 32.7 Å². The quantitative estimate of drug-likeness (QED) is 0.422. The van der Waals surface area contributed by atoms with Crippen molar-refractivity contribution in [1.29, 1.82) is 0 Å². The van der Waals surface area contributed by atoms with Crippen LogP contribution in [0.4, 0.5) is 0 Å². The SMILES string of the molecule is PN1CC[CH-]CC1.[Y]. The van der Waals surface area contributed by atoms with Crippen LogP contribution in [0.3, 0.4) is 0 Å². The van der Waals surface area contributed by atoms with E-state index in [1.54, 1.807) is 0 Å². The molecular weight excluding hydrogens is 194 g/mol. The van der Waals surface area contributed by atoms with Crippen LogP contribution in [0.15, 0.2) is 0 Å². The maximum absolute atomic E-state index is 2.72. The Hall–Kier alpha value is 1.49. The molecule has 0 aromatic heterocycles. The van der Waals surface area contributed by atoms with Gasteiger partial charge in [-0.2, -0.15) is 12.8 Å². The molecule has 0 spiro atoms. The van der Waals surface area contributed by atoms with E-state index in [9.17, 15) is 0 Å². The predicted molar refractivity (Wildman–Crippen MR) is 34.8 cm³/mol. The van der Waals surface area contributed by atoms with E-state index in [-0.39, 0.29) is 32.7 Å². The van der Waals surface area contributed by atoms with E-state index in [1.165, 1.54) is 25.9 Å². The standard InChI is InChI=1S/C5H11NP.Y/c7-6-4-2-1-3-5-6;/h1H,2-5,7H2;/q-1;. The molecule has 0 amide bonds. The van der Waals surface area contributed by atoms with Gasteiger partial charge in [-0.05, 0) is 13.1 Å². The molecule has 1 aliphatic heterocycles. The fourth-order valence-corrected chi connectivity index (χ4v) is 1.07. The molecule has 1 atom stereocenters. The molecule has 0 aromatic carbocycles. The fourth-order valence-electron chi connectivity index (χ4n) is 0.770. The summed E-state index contributed by atoms with van der Waals surface area (Å²) in [6.07, 6.45) is 4.88. The molecule has 0 aliphatic carbocycles. The molecule has 1 unspecified atom stereocenters. The summed E-state index contributed by atoms with van der Waals surface area (Å²) in [4.78, 5) is 0. The second-order valence-corrected chi connectivity index (χ2v) is 2.63. The molecule has 1 saturated heterocycles. The summed E-state index contributed by atoms with van der Waals surface area (Å²) in [6, 6.07) is 0. The summed E-state index contributed by atoms with van der Waals surface area (Å²) in [6.45, 7) is 2.45. The third kappa shape index (κ3) is 3.51. The molecule has 1 heterocycles. The Morgan fingerprint density at radius 2 is 1.75 bits per heavy atom. The smallest absolute Gasteiger partial charge is 0 e. The molecule has 3 heteroatoms. The Morgan fingerprint density at radius 1 is 1.25 bits per heavy atom. The van der Waals surface area contributed by atoms with E-state index in [0.717, 1.165) is 0 Å². The number of hydrogen-bond donors (Lipinski definition) is 0. The van der Waals surface area contributed by atoms with Crippen molar-refractivity contribution >= 4 is 9.39 Å². The monoisotopic (exact) mass is 205 g/mol. The summed E-state index contributed by atoms with van der Waals surface area (Å²) < 4.78 is 2.28. The van der Waals surface area contributed by atoms with Gasteiger partial charge in [-0.3, -0.25) is 4.67 Å². The van der Waals surface area contributed by atoms with Gasteiger partial charge in [0.2, 0.25) is 0 Å². The third-order valence-electron chi connectivity index (χ3n) is 1.24. The molecule has 0 bridgehead atoms. The van der Waals surface area contributed by atoms with Crippen LogP contribution in [0.25, 0.3) is 0 Å². The molecule has 8 heavy (non-hydrogen) atoms. The minimum absolute atomic E-state index is 0. The van der Waals surface area contributed by atoms with Crippen LogP contribution < -0.4 is 0 Å². The zero-order valence-electron chi connectivity index (χ0n) is 5.01. The van der Waals surface area contributed by atoms with E-state index in [0.29, 0.717) is 0 Å². The molecule has 1 radical (unpaired) electrons. The van der Waals surface area contributed by atoms with Crippen molar-refractivity contribution < 1.29 is 32.7 Å². The number of rotatable bonds is 0. The van der Waals surface area contributed by atoms with E-state index in [1.807, 2.05) is 0 Å². The van der Waals surface area contributed by atoms with Crippen molar-refractivity contribution in [2.45, 2.75) is 12.8 Å². The molecule has 45 valence electrons. The molecule has 0 aromatic rings. The first-order chi connectivity index (χ1) is 3.39. The van der Waals surface area contributed by atoms with E-state index >= 15 is 0 Å². The first kappa shape index (κ1) is 9.49. The van der Waals surface area contributed by atoms with Gasteiger partial charge in [-0.15, -0.1) is 0 Å². The van der Waals surface area contributed by atoms with Crippen LogP contribution in [-0.2, 0) is 32.7 Å². The van der Waals surface area contributed by atoms with Crippen molar-refractivity contribution in [1.82, 2.24) is 4.67 Å². The van der Waals surface area contributed by atoms with Crippen LogP contribution in [-0.4, -0.2) is 17.8 Å². The van der Waals surface area contributed by atoms with E-state index in [4.69, 9.17) is 0 Å². The van der Waals surface area contributed by atoms with E-state index in [2.05, 4.69) is 20.5 Å². The largest absolute Gasteiger partial charge is 0.326 e. The van der Waals surface area contributed by atoms with Crippen LogP contribution in [0.2, 0.25) is 0 Å². The number of piperidine rings is 1. The Kier molecular flexibility index (Phi) is 6.28. The Balaban J connectivity index is 0.000000490. The first-order valence-electron chi connectivity index (χ1n) is 2.71. The topological polar surface area (TPSA) is 3.24 Å². The van der Waals surface area contributed by atoms with Crippen molar-refractivity contribution in [3.8, 4) is 0 Å². The van der Waals surface area contributed by atoms with Crippen LogP contribution >= 0.6 is 9.39 Å².